The van der Waals surface area contributed by atoms with Crippen LogP contribution >= 0.6 is 0 Å². The number of hydrogen-bond acceptors (Lipinski definition) is 4. The van der Waals surface area contributed by atoms with Gasteiger partial charge in [0.15, 0.2) is 0 Å². The quantitative estimate of drug-likeness (QED) is 0.866. The Bertz CT molecular complexity index is 843. The standard InChI is InChI=1S/C19H23N3O3S/c1-20-19(23)17-7-9-18(10-8-17)21-11-13-22(14-12-21)26(24,25)15-16-5-3-2-4-6-16/h2-10H,11-15H2,1H3,(H,20,23). The molecule has 1 aliphatic heterocycles. The summed E-state index contributed by atoms with van der Waals surface area (Å²) in [5.41, 5.74) is 2.41. The summed E-state index contributed by atoms with van der Waals surface area (Å²) in [5.74, 6) is -0.0809. The van der Waals surface area contributed by atoms with Gasteiger partial charge in [0, 0.05) is 44.5 Å². The summed E-state index contributed by atoms with van der Waals surface area (Å²) in [6, 6.07) is 16.6. The maximum atomic E-state index is 12.6. The van der Waals surface area contributed by atoms with Crippen LogP contribution in [0.5, 0.6) is 0 Å². The van der Waals surface area contributed by atoms with Gasteiger partial charge in [0.25, 0.3) is 5.91 Å². The first-order chi connectivity index (χ1) is 12.5. The van der Waals surface area contributed by atoms with Crippen molar-refractivity contribution in [3.63, 3.8) is 0 Å². The molecule has 1 aliphatic rings. The van der Waals surface area contributed by atoms with E-state index >= 15 is 0 Å². The molecule has 3 rings (SSSR count). The van der Waals surface area contributed by atoms with Crippen molar-refractivity contribution in [2.45, 2.75) is 5.75 Å². The largest absolute Gasteiger partial charge is 0.369 e. The van der Waals surface area contributed by atoms with E-state index in [2.05, 4.69) is 10.2 Å². The zero-order valence-electron chi connectivity index (χ0n) is 14.8. The van der Waals surface area contributed by atoms with E-state index < -0.39 is 10.0 Å². The fourth-order valence-corrected chi connectivity index (χ4v) is 4.58. The van der Waals surface area contributed by atoms with E-state index in [4.69, 9.17) is 0 Å². The Hall–Kier alpha value is -2.38. The van der Waals surface area contributed by atoms with E-state index in [1.54, 1.807) is 23.5 Å². The van der Waals surface area contributed by atoms with Gasteiger partial charge >= 0.3 is 0 Å². The number of benzene rings is 2. The summed E-state index contributed by atoms with van der Waals surface area (Å²) in [5, 5.41) is 2.60. The van der Waals surface area contributed by atoms with Gasteiger partial charge in [-0.3, -0.25) is 4.79 Å². The number of nitrogens with zero attached hydrogens (tertiary/aromatic N) is 2. The molecule has 1 heterocycles. The molecule has 0 aliphatic carbocycles. The maximum Gasteiger partial charge on any atom is 0.251 e. The van der Waals surface area contributed by atoms with Gasteiger partial charge in [0.1, 0.15) is 0 Å². The molecule has 0 atom stereocenters. The van der Waals surface area contributed by atoms with Crippen molar-refractivity contribution in [2.24, 2.45) is 0 Å². The normalized spacial score (nSPS) is 15.7. The maximum absolute atomic E-state index is 12.6. The van der Waals surface area contributed by atoms with E-state index in [9.17, 15) is 13.2 Å². The fraction of sp³-hybridized carbons (Fsp3) is 0.316. The number of piperazine rings is 1. The zero-order valence-corrected chi connectivity index (χ0v) is 15.6. The van der Waals surface area contributed by atoms with E-state index in [1.807, 2.05) is 42.5 Å². The van der Waals surface area contributed by atoms with Gasteiger partial charge < -0.3 is 10.2 Å². The summed E-state index contributed by atoms with van der Waals surface area (Å²) < 4.78 is 26.8. The van der Waals surface area contributed by atoms with Gasteiger partial charge in [0.05, 0.1) is 5.75 Å². The monoisotopic (exact) mass is 373 g/mol. The van der Waals surface area contributed by atoms with Crippen LogP contribution in [0, 0.1) is 0 Å². The number of carbonyl (C=O) groups is 1. The topological polar surface area (TPSA) is 69.7 Å². The smallest absolute Gasteiger partial charge is 0.251 e. The van der Waals surface area contributed by atoms with Crippen molar-refractivity contribution in [1.82, 2.24) is 9.62 Å². The van der Waals surface area contributed by atoms with Gasteiger partial charge in [-0.25, -0.2) is 8.42 Å². The molecule has 0 bridgehead atoms. The molecule has 1 amide bonds. The van der Waals surface area contributed by atoms with Crippen molar-refractivity contribution < 1.29 is 13.2 Å². The van der Waals surface area contributed by atoms with Crippen molar-refractivity contribution in [3.05, 3.63) is 65.7 Å². The predicted molar refractivity (Wildman–Crippen MR) is 103 cm³/mol. The summed E-state index contributed by atoms with van der Waals surface area (Å²) in [7, 11) is -1.71. The number of hydrogen-bond donors (Lipinski definition) is 1. The number of sulfonamides is 1. The molecule has 2 aromatic rings. The highest BCUT2D eigenvalue weighted by molar-refractivity contribution is 7.88. The number of amides is 1. The van der Waals surface area contributed by atoms with E-state index in [0.29, 0.717) is 31.7 Å². The average molecular weight is 373 g/mol. The molecule has 0 unspecified atom stereocenters. The van der Waals surface area contributed by atoms with Crippen molar-refractivity contribution in [1.29, 1.82) is 0 Å². The van der Waals surface area contributed by atoms with Crippen LogP contribution in [0.2, 0.25) is 0 Å². The highest BCUT2D eigenvalue weighted by atomic mass is 32.2. The molecule has 0 saturated carbocycles. The van der Waals surface area contributed by atoms with Crippen LogP contribution in [-0.4, -0.2) is 51.9 Å². The lowest BCUT2D eigenvalue weighted by atomic mass is 10.1. The predicted octanol–water partition coefficient (Wildman–Crippen LogP) is 1.70. The molecule has 138 valence electrons. The van der Waals surface area contributed by atoms with Crippen LogP contribution in [0.3, 0.4) is 0 Å². The third-order valence-corrected chi connectivity index (χ3v) is 6.40. The van der Waals surface area contributed by atoms with Gasteiger partial charge in [-0.2, -0.15) is 4.31 Å². The minimum absolute atomic E-state index is 0.0364. The minimum Gasteiger partial charge on any atom is -0.369 e. The van der Waals surface area contributed by atoms with Crippen LogP contribution in [0.25, 0.3) is 0 Å². The number of rotatable bonds is 5. The van der Waals surface area contributed by atoms with E-state index in [0.717, 1.165) is 11.3 Å². The molecule has 7 heteroatoms. The molecule has 0 spiro atoms. The first-order valence-electron chi connectivity index (χ1n) is 8.58. The lowest BCUT2D eigenvalue weighted by Crippen LogP contribution is -2.49. The highest BCUT2D eigenvalue weighted by Crippen LogP contribution is 2.20. The lowest BCUT2D eigenvalue weighted by molar-refractivity contribution is 0.0963. The Balaban J connectivity index is 1.61. The van der Waals surface area contributed by atoms with Gasteiger partial charge in [-0.1, -0.05) is 30.3 Å². The summed E-state index contributed by atoms with van der Waals surface area (Å²) in [6.07, 6.45) is 0. The Morgan fingerprint density at radius 2 is 1.58 bits per heavy atom. The second kappa shape index (κ2) is 7.88. The summed E-state index contributed by atoms with van der Waals surface area (Å²) in [6.45, 7) is 2.19. The zero-order chi connectivity index (χ0) is 18.6. The lowest BCUT2D eigenvalue weighted by Gasteiger charge is -2.35. The third-order valence-electron chi connectivity index (χ3n) is 4.55. The first kappa shape index (κ1) is 18.4. The van der Waals surface area contributed by atoms with Crippen molar-refractivity contribution >= 4 is 21.6 Å². The second-order valence-corrected chi connectivity index (χ2v) is 8.22. The molecule has 1 saturated heterocycles. The molecule has 0 aromatic heterocycles. The molecule has 6 nitrogen and oxygen atoms in total. The molecule has 2 aromatic carbocycles. The second-order valence-electron chi connectivity index (χ2n) is 6.25. The molecule has 0 radical (unpaired) electrons. The Morgan fingerprint density at radius 1 is 0.962 bits per heavy atom. The number of carbonyl (C=O) groups excluding carboxylic acids is 1. The van der Waals surface area contributed by atoms with Gasteiger partial charge in [-0.15, -0.1) is 0 Å². The minimum atomic E-state index is -3.31. The van der Waals surface area contributed by atoms with Gasteiger partial charge in [-0.05, 0) is 29.8 Å². The van der Waals surface area contributed by atoms with Crippen LogP contribution in [0.4, 0.5) is 5.69 Å². The average Bonchev–Trinajstić information content (AvgIpc) is 2.68. The Labute approximate surface area is 154 Å². The van der Waals surface area contributed by atoms with Crippen molar-refractivity contribution in [2.75, 3.05) is 38.1 Å². The summed E-state index contributed by atoms with van der Waals surface area (Å²) >= 11 is 0. The Morgan fingerprint density at radius 3 is 2.15 bits per heavy atom. The molecular formula is C19H23N3O3S. The highest BCUT2D eigenvalue weighted by Gasteiger charge is 2.27. The molecule has 26 heavy (non-hydrogen) atoms. The van der Waals surface area contributed by atoms with Crippen LogP contribution in [-0.2, 0) is 15.8 Å². The van der Waals surface area contributed by atoms with Crippen molar-refractivity contribution in [3.8, 4) is 0 Å². The molecular weight excluding hydrogens is 350 g/mol. The molecule has 1 N–H and O–H groups in total. The molecule has 1 fully saturated rings. The first-order valence-corrected chi connectivity index (χ1v) is 10.2. The van der Waals surface area contributed by atoms with Gasteiger partial charge in [0.2, 0.25) is 10.0 Å². The summed E-state index contributed by atoms with van der Waals surface area (Å²) in [4.78, 5) is 13.7. The van der Waals surface area contributed by atoms with Crippen LogP contribution in [0.1, 0.15) is 15.9 Å². The number of nitrogens with one attached hydrogen (secondary N) is 1. The SMILES string of the molecule is CNC(=O)c1ccc(N2CCN(S(=O)(=O)Cc3ccccc3)CC2)cc1. The fourth-order valence-electron chi connectivity index (χ4n) is 3.07. The van der Waals surface area contributed by atoms with Crippen LogP contribution in [0.15, 0.2) is 54.6 Å². The van der Waals surface area contributed by atoms with Crippen LogP contribution < -0.4 is 10.2 Å². The number of anilines is 1. The van der Waals surface area contributed by atoms with E-state index in [1.165, 1.54) is 0 Å². The van der Waals surface area contributed by atoms with E-state index in [-0.39, 0.29) is 11.7 Å². The third kappa shape index (κ3) is 4.23. The Kier molecular flexibility index (Phi) is 5.58.